The van der Waals surface area contributed by atoms with Crippen LogP contribution in [0.25, 0.3) is 0 Å². The van der Waals surface area contributed by atoms with Gasteiger partial charge in [-0.15, -0.1) is 0 Å². The molecule has 2 atom stereocenters. The normalized spacial score (nSPS) is 21.1. The van der Waals surface area contributed by atoms with Gasteiger partial charge in [0.1, 0.15) is 18.2 Å². The van der Waals surface area contributed by atoms with Crippen molar-refractivity contribution in [3.05, 3.63) is 88.1 Å². The van der Waals surface area contributed by atoms with E-state index in [1.807, 2.05) is 24.3 Å². The lowest BCUT2D eigenvalue weighted by Gasteiger charge is -2.35. The van der Waals surface area contributed by atoms with Gasteiger partial charge in [-0.05, 0) is 36.1 Å². The maximum absolute atomic E-state index is 14.6. The van der Waals surface area contributed by atoms with Crippen molar-refractivity contribution in [3.8, 4) is 0 Å². The molecule has 0 saturated carbocycles. The van der Waals surface area contributed by atoms with Crippen molar-refractivity contribution in [2.75, 3.05) is 5.32 Å². The van der Waals surface area contributed by atoms with Crippen molar-refractivity contribution in [2.45, 2.75) is 24.8 Å². The molecule has 5 rings (SSSR count). The molecule has 2 aliphatic rings. The lowest BCUT2D eigenvalue weighted by atomic mass is 9.78. The van der Waals surface area contributed by atoms with Gasteiger partial charge in [0.2, 0.25) is 5.95 Å². The van der Waals surface area contributed by atoms with Gasteiger partial charge in [-0.1, -0.05) is 41.9 Å². The number of benzene rings is 2. The van der Waals surface area contributed by atoms with Crippen molar-refractivity contribution in [1.29, 1.82) is 0 Å². The van der Waals surface area contributed by atoms with Crippen LogP contribution in [0.3, 0.4) is 0 Å². The molecule has 0 spiro atoms. The van der Waals surface area contributed by atoms with Crippen LogP contribution in [0, 0.1) is 5.82 Å². The number of aromatic nitrogens is 3. The molecule has 2 aromatic carbocycles. The molecule has 0 unspecified atom stereocenters. The third-order valence-corrected chi connectivity index (χ3v) is 5.62. The van der Waals surface area contributed by atoms with Crippen LogP contribution in [0.5, 0.6) is 0 Å². The van der Waals surface area contributed by atoms with E-state index in [1.54, 1.807) is 22.9 Å². The molecule has 1 aliphatic carbocycles. The molecule has 0 radical (unpaired) electrons. The van der Waals surface area contributed by atoms with Crippen LogP contribution in [0.1, 0.15) is 35.9 Å². The fourth-order valence-corrected chi connectivity index (χ4v) is 4.33. The highest BCUT2D eigenvalue weighted by atomic mass is 35.5. The molecule has 1 N–H and O–H groups in total. The smallest absolute Gasteiger partial charge is 0.226 e. The Hall–Kier alpha value is -2.99. The third kappa shape index (κ3) is 2.72. The summed E-state index contributed by atoms with van der Waals surface area (Å²) in [6.07, 6.45) is 2.38. The predicted octanol–water partition coefficient (Wildman–Crippen LogP) is 4.49. The van der Waals surface area contributed by atoms with Crippen molar-refractivity contribution >= 4 is 23.3 Å². The van der Waals surface area contributed by atoms with E-state index in [1.165, 1.54) is 12.4 Å². The molecule has 7 heteroatoms. The number of nitrogens with zero attached hydrogens (tertiary/aromatic N) is 3. The zero-order valence-electron chi connectivity index (χ0n) is 14.8. The number of rotatable bonds is 2. The summed E-state index contributed by atoms with van der Waals surface area (Å²) < 4.78 is 16.2. The Morgan fingerprint density at radius 3 is 2.82 bits per heavy atom. The lowest BCUT2D eigenvalue weighted by Crippen LogP contribution is -2.34. The molecule has 5 nitrogen and oxygen atoms in total. The molecular weight excluding hydrogens is 379 g/mol. The molecule has 0 bridgehead atoms. The minimum atomic E-state index is -0.622. The number of halogens is 2. The maximum atomic E-state index is 14.6. The fourth-order valence-electron chi connectivity index (χ4n) is 4.13. The summed E-state index contributed by atoms with van der Waals surface area (Å²) in [7, 11) is 0. The van der Waals surface area contributed by atoms with Gasteiger partial charge in [0, 0.05) is 28.3 Å². The molecular formula is C21H16ClFN4O. The number of ketones is 1. The summed E-state index contributed by atoms with van der Waals surface area (Å²) in [6.45, 7) is 0. The van der Waals surface area contributed by atoms with Crippen molar-refractivity contribution in [2.24, 2.45) is 0 Å². The number of anilines is 1. The van der Waals surface area contributed by atoms with Crippen molar-refractivity contribution in [3.63, 3.8) is 0 Å². The highest BCUT2D eigenvalue weighted by Crippen LogP contribution is 2.44. The molecule has 1 aliphatic heterocycles. The summed E-state index contributed by atoms with van der Waals surface area (Å²) in [6, 6.07) is 13.4. The highest BCUT2D eigenvalue weighted by Gasteiger charge is 2.40. The minimum absolute atomic E-state index is 0.00758. The first-order chi connectivity index (χ1) is 13.6. The van der Waals surface area contributed by atoms with Gasteiger partial charge in [0.15, 0.2) is 5.78 Å². The Balaban J connectivity index is 1.62. The Labute approximate surface area is 165 Å². The first-order valence-corrected chi connectivity index (χ1v) is 9.42. The Morgan fingerprint density at radius 1 is 1.14 bits per heavy atom. The number of fused-ring (bicyclic) bond motifs is 1. The van der Waals surface area contributed by atoms with Crippen LogP contribution in [-0.4, -0.2) is 20.5 Å². The molecule has 140 valence electrons. The van der Waals surface area contributed by atoms with Gasteiger partial charge in [-0.25, -0.2) is 9.07 Å². The number of carbonyl (C=O) groups excluding carboxylic acids is 1. The Kier molecular flexibility index (Phi) is 4.02. The van der Waals surface area contributed by atoms with E-state index in [2.05, 4.69) is 15.4 Å². The van der Waals surface area contributed by atoms with E-state index in [0.717, 1.165) is 11.3 Å². The van der Waals surface area contributed by atoms with Gasteiger partial charge in [-0.2, -0.15) is 10.1 Å². The predicted molar refractivity (Wildman–Crippen MR) is 104 cm³/mol. The second-order valence-corrected chi connectivity index (χ2v) is 7.49. The van der Waals surface area contributed by atoms with Gasteiger partial charge < -0.3 is 5.32 Å². The van der Waals surface area contributed by atoms with E-state index < -0.39 is 6.04 Å². The van der Waals surface area contributed by atoms with Crippen LogP contribution in [0.15, 0.2) is 66.1 Å². The van der Waals surface area contributed by atoms with E-state index in [9.17, 15) is 9.18 Å². The largest absolute Gasteiger partial charge is 0.328 e. The van der Waals surface area contributed by atoms with Crippen LogP contribution in [0.4, 0.5) is 10.3 Å². The molecule has 0 fully saturated rings. The van der Waals surface area contributed by atoms with Gasteiger partial charge >= 0.3 is 0 Å². The summed E-state index contributed by atoms with van der Waals surface area (Å²) in [5.74, 6) is 0.125. The van der Waals surface area contributed by atoms with E-state index >= 15 is 0 Å². The summed E-state index contributed by atoms with van der Waals surface area (Å²) >= 11 is 6.13. The highest BCUT2D eigenvalue weighted by molar-refractivity contribution is 6.30. The molecule has 3 aromatic rings. The monoisotopic (exact) mass is 394 g/mol. The number of Topliss-reactive ketones (excluding diaryl/α,β-unsaturated/α-hetero) is 1. The molecule has 1 aromatic heterocycles. The van der Waals surface area contributed by atoms with Crippen LogP contribution in [0.2, 0.25) is 5.02 Å². The number of hydrogen-bond donors (Lipinski definition) is 1. The van der Waals surface area contributed by atoms with E-state index in [0.29, 0.717) is 34.9 Å². The lowest BCUT2D eigenvalue weighted by molar-refractivity contribution is -0.116. The van der Waals surface area contributed by atoms with Crippen LogP contribution < -0.4 is 5.32 Å². The molecule has 28 heavy (non-hydrogen) atoms. The van der Waals surface area contributed by atoms with Crippen molar-refractivity contribution in [1.82, 2.24) is 14.8 Å². The first kappa shape index (κ1) is 17.1. The minimum Gasteiger partial charge on any atom is -0.328 e. The zero-order chi connectivity index (χ0) is 19.3. The number of allylic oxidation sites excluding steroid dienone is 2. The first-order valence-electron chi connectivity index (χ1n) is 9.04. The Bertz CT molecular complexity index is 1120. The second-order valence-electron chi connectivity index (χ2n) is 7.05. The fraction of sp³-hybridized carbons (Fsp3) is 0.190. The second kappa shape index (κ2) is 6.56. The summed E-state index contributed by atoms with van der Waals surface area (Å²) in [5, 5.41) is 8.12. The quantitative estimate of drug-likeness (QED) is 0.695. The summed E-state index contributed by atoms with van der Waals surface area (Å²) in [4.78, 5) is 17.5. The average Bonchev–Trinajstić information content (AvgIpc) is 3.15. The molecule has 2 heterocycles. The number of carbonyl (C=O) groups is 1. The van der Waals surface area contributed by atoms with Gasteiger partial charge in [0.25, 0.3) is 0 Å². The van der Waals surface area contributed by atoms with E-state index in [-0.39, 0.29) is 17.5 Å². The van der Waals surface area contributed by atoms with E-state index in [4.69, 9.17) is 11.6 Å². The molecule has 0 amide bonds. The number of nitrogens with one attached hydrogen (secondary N) is 1. The standard InChI is InChI=1S/C21H16ClFN4O/c22-14-5-3-4-12(8-14)13-9-17-19(18(28)10-13)20(15-6-1-2-7-16(15)23)27-21(26-17)24-11-25-27/h1-8,11,13,20H,9-10H2,(H,24,25,26)/t13-,20-/m0/s1. The zero-order valence-corrected chi connectivity index (χ0v) is 15.5. The SMILES string of the molecule is O=C1C[C@@H](c2cccc(Cl)c2)CC2=C1[C@H](c1ccccc1F)n1ncnc1N2. The summed E-state index contributed by atoms with van der Waals surface area (Å²) in [5.41, 5.74) is 2.76. The average molecular weight is 395 g/mol. The Morgan fingerprint density at radius 2 is 2.00 bits per heavy atom. The third-order valence-electron chi connectivity index (χ3n) is 5.38. The van der Waals surface area contributed by atoms with Gasteiger partial charge in [-0.3, -0.25) is 4.79 Å². The maximum Gasteiger partial charge on any atom is 0.226 e. The number of hydrogen-bond acceptors (Lipinski definition) is 4. The van der Waals surface area contributed by atoms with Crippen molar-refractivity contribution < 1.29 is 9.18 Å². The van der Waals surface area contributed by atoms with Crippen LogP contribution >= 0.6 is 11.6 Å². The molecule has 0 saturated heterocycles. The van der Waals surface area contributed by atoms with Crippen LogP contribution in [-0.2, 0) is 4.79 Å². The van der Waals surface area contributed by atoms with Gasteiger partial charge in [0.05, 0.1) is 0 Å². The topological polar surface area (TPSA) is 59.8 Å².